The number of nitrogens with zero attached hydrogens (tertiary/aromatic N) is 1. The number of halogens is 1. The molecule has 1 aliphatic heterocycles. The lowest BCUT2D eigenvalue weighted by Crippen LogP contribution is -2.50. The van der Waals surface area contributed by atoms with Crippen LogP contribution < -0.4 is 0 Å². The van der Waals surface area contributed by atoms with Gasteiger partial charge in [0.25, 0.3) is 0 Å². The maximum atomic E-state index is 13.1. The Labute approximate surface area is 177 Å². The van der Waals surface area contributed by atoms with E-state index in [1.54, 1.807) is 4.90 Å². The van der Waals surface area contributed by atoms with Gasteiger partial charge in [-0.3, -0.25) is 4.90 Å². The fourth-order valence-electron chi connectivity index (χ4n) is 4.04. The minimum atomic E-state index is -0.688. The summed E-state index contributed by atoms with van der Waals surface area (Å²) in [6.45, 7) is 10.9. The maximum Gasteiger partial charge on any atom is 0.411 e. The molecule has 0 saturated carbocycles. The van der Waals surface area contributed by atoms with Crippen molar-refractivity contribution in [2.24, 2.45) is 5.41 Å². The molecule has 0 aromatic carbocycles. The van der Waals surface area contributed by atoms with Gasteiger partial charge >= 0.3 is 12.1 Å². The molecule has 0 aromatic rings. The van der Waals surface area contributed by atoms with E-state index in [9.17, 15) is 9.59 Å². The first-order valence-electron chi connectivity index (χ1n) is 9.82. The van der Waals surface area contributed by atoms with E-state index < -0.39 is 29.3 Å². The van der Waals surface area contributed by atoms with Crippen molar-refractivity contribution in [3.05, 3.63) is 10.6 Å². The van der Waals surface area contributed by atoms with Gasteiger partial charge in [0.15, 0.2) is 0 Å². The lowest BCUT2D eigenvalue weighted by atomic mass is 9.70. The molecule has 1 fully saturated rings. The first kappa shape index (κ1) is 22.8. The highest BCUT2D eigenvalue weighted by atomic mass is 79.9. The predicted octanol–water partition coefficient (Wildman–Crippen LogP) is 5.18. The molecule has 1 aliphatic carbocycles. The van der Waals surface area contributed by atoms with Crippen LogP contribution in [0, 0.1) is 17.8 Å². The van der Waals surface area contributed by atoms with E-state index in [2.05, 4.69) is 21.9 Å². The summed E-state index contributed by atoms with van der Waals surface area (Å²) >= 11 is 3.59. The van der Waals surface area contributed by atoms with Gasteiger partial charge in [-0.05, 0) is 77.1 Å². The zero-order chi connectivity index (χ0) is 21.3. The number of hydrogen-bond donors (Lipinski definition) is 0. The second-order valence-corrected chi connectivity index (χ2v) is 10.8. The van der Waals surface area contributed by atoms with E-state index in [4.69, 9.17) is 15.9 Å². The van der Waals surface area contributed by atoms with Crippen molar-refractivity contribution in [1.29, 1.82) is 0 Å². The van der Waals surface area contributed by atoms with Crippen LogP contribution in [0.4, 0.5) is 4.79 Å². The molecule has 1 heterocycles. The van der Waals surface area contributed by atoms with Crippen molar-refractivity contribution in [3.63, 3.8) is 0 Å². The molecule has 1 amide bonds. The lowest BCUT2D eigenvalue weighted by Gasteiger charge is -2.39. The zero-order valence-corrected chi connectivity index (χ0v) is 19.4. The number of fused-ring (bicyclic) bond motifs is 1. The van der Waals surface area contributed by atoms with Crippen molar-refractivity contribution < 1.29 is 19.1 Å². The Bertz CT molecular complexity index is 695. The second-order valence-electron chi connectivity index (χ2n) is 9.77. The molecular weight excluding hydrogens is 422 g/mol. The van der Waals surface area contributed by atoms with Crippen LogP contribution in [0.15, 0.2) is 10.6 Å². The summed E-state index contributed by atoms with van der Waals surface area (Å²) in [5, 5.41) is 0. The molecule has 0 bridgehead atoms. The third-order valence-electron chi connectivity index (χ3n) is 5.11. The summed E-state index contributed by atoms with van der Waals surface area (Å²) in [5.74, 6) is 2.32. The molecule has 156 valence electrons. The number of likely N-dealkylation sites (tertiary alicyclic amines) is 1. The molecule has 0 N–H and O–H groups in total. The molecule has 28 heavy (non-hydrogen) atoms. The predicted molar refractivity (Wildman–Crippen MR) is 113 cm³/mol. The molecule has 0 radical (unpaired) electrons. The highest BCUT2D eigenvalue weighted by Crippen LogP contribution is 2.53. The van der Waals surface area contributed by atoms with E-state index in [0.29, 0.717) is 12.8 Å². The second kappa shape index (κ2) is 8.10. The van der Waals surface area contributed by atoms with Gasteiger partial charge in [0, 0.05) is 6.42 Å². The lowest BCUT2D eigenvalue weighted by molar-refractivity contribution is -0.160. The Balaban J connectivity index is 2.46. The number of hydrogen-bond acceptors (Lipinski definition) is 4. The zero-order valence-electron chi connectivity index (χ0n) is 17.8. The highest BCUT2D eigenvalue weighted by Gasteiger charge is 2.57. The summed E-state index contributed by atoms with van der Waals surface area (Å²) in [6.07, 6.45) is 10.7. The Morgan fingerprint density at radius 2 is 1.86 bits per heavy atom. The van der Waals surface area contributed by atoms with E-state index in [0.717, 1.165) is 23.7 Å². The van der Waals surface area contributed by atoms with Gasteiger partial charge in [-0.1, -0.05) is 22.0 Å². The van der Waals surface area contributed by atoms with Crippen LogP contribution in [0.1, 0.15) is 73.6 Å². The summed E-state index contributed by atoms with van der Waals surface area (Å²) in [6, 6.07) is -0.942. The van der Waals surface area contributed by atoms with Crippen LogP contribution >= 0.6 is 15.9 Å². The molecule has 2 rings (SSSR count). The fourth-order valence-corrected chi connectivity index (χ4v) is 4.49. The van der Waals surface area contributed by atoms with Gasteiger partial charge in [-0.15, -0.1) is 12.3 Å². The van der Waals surface area contributed by atoms with Crippen molar-refractivity contribution in [2.75, 3.05) is 0 Å². The van der Waals surface area contributed by atoms with Gasteiger partial charge in [-0.2, -0.15) is 0 Å². The first-order valence-corrected chi connectivity index (χ1v) is 10.6. The number of ether oxygens (including phenoxy) is 2. The SMILES string of the molecule is C#CCC[C@@]12CCC(Br)=C[C@@H]1N(C(=O)OC(C)(C)C)[C@H](C(=O)OC(C)(C)C)C2. The monoisotopic (exact) mass is 453 g/mol. The molecule has 2 aliphatic rings. The van der Waals surface area contributed by atoms with Crippen molar-refractivity contribution >= 4 is 28.0 Å². The Kier molecular flexibility index (Phi) is 6.60. The highest BCUT2D eigenvalue weighted by molar-refractivity contribution is 9.11. The maximum absolute atomic E-state index is 13.1. The summed E-state index contributed by atoms with van der Waals surface area (Å²) < 4.78 is 12.3. The van der Waals surface area contributed by atoms with Gasteiger partial charge in [0.1, 0.15) is 17.2 Å². The summed E-state index contributed by atoms with van der Waals surface area (Å²) in [7, 11) is 0. The standard InChI is InChI=1S/C22H32BrNO4/c1-8-9-11-22-12-10-15(23)13-17(22)24(19(26)28-21(5,6)7)16(14-22)18(25)27-20(2,3)4/h1,13,16-17H,9-12,14H2,2-7H3/t16-,17-,22-/m0/s1. The third-order valence-corrected chi connectivity index (χ3v) is 5.77. The Morgan fingerprint density at radius 1 is 1.25 bits per heavy atom. The third kappa shape index (κ3) is 5.31. The van der Waals surface area contributed by atoms with Gasteiger partial charge in [0.2, 0.25) is 0 Å². The topological polar surface area (TPSA) is 55.8 Å². The molecule has 1 saturated heterocycles. The smallest absolute Gasteiger partial charge is 0.411 e. The van der Waals surface area contributed by atoms with Crippen LogP contribution in [0.5, 0.6) is 0 Å². The Hall–Kier alpha value is -1.48. The minimum absolute atomic E-state index is 0.248. The number of carbonyl (C=O) groups excluding carboxylic acids is 2. The normalized spacial score (nSPS) is 27.5. The molecule has 5 nitrogen and oxygen atoms in total. The minimum Gasteiger partial charge on any atom is -0.458 e. The van der Waals surface area contributed by atoms with E-state index >= 15 is 0 Å². The Morgan fingerprint density at radius 3 is 2.39 bits per heavy atom. The van der Waals surface area contributed by atoms with E-state index in [-0.39, 0.29) is 11.5 Å². The first-order chi connectivity index (χ1) is 12.8. The number of allylic oxidation sites excluding steroid dienone is 1. The van der Waals surface area contributed by atoms with E-state index in [1.165, 1.54) is 0 Å². The molecular formula is C22H32BrNO4. The molecule has 0 spiro atoms. The largest absolute Gasteiger partial charge is 0.458 e. The van der Waals surface area contributed by atoms with Gasteiger partial charge < -0.3 is 9.47 Å². The van der Waals surface area contributed by atoms with Crippen LogP contribution in [-0.4, -0.2) is 40.2 Å². The molecule has 3 atom stereocenters. The summed E-state index contributed by atoms with van der Waals surface area (Å²) in [4.78, 5) is 27.7. The number of amides is 1. The fraction of sp³-hybridized carbons (Fsp3) is 0.727. The number of rotatable bonds is 3. The van der Waals surface area contributed by atoms with Crippen molar-refractivity contribution in [1.82, 2.24) is 4.90 Å². The van der Waals surface area contributed by atoms with Gasteiger partial charge in [0.05, 0.1) is 6.04 Å². The molecule has 0 aromatic heterocycles. The van der Waals surface area contributed by atoms with Crippen molar-refractivity contribution in [3.8, 4) is 12.3 Å². The average molecular weight is 454 g/mol. The number of terminal acetylenes is 1. The molecule has 0 unspecified atom stereocenters. The number of esters is 1. The van der Waals surface area contributed by atoms with Crippen molar-refractivity contribution in [2.45, 2.75) is 96.9 Å². The van der Waals surface area contributed by atoms with E-state index in [1.807, 2.05) is 47.6 Å². The molecule has 6 heteroatoms. The summed E-state index contributed by atoms with van der Waals surface area (Å²) in [5.41, 5.74) is -1.54. The number of carbonyl (C=O) groups is 2. The van der Waals surface area contributed by atoms with Crippen LogP contribution in [0.2, 0.25) is 0 Å². The average Bonchev–Trinajstić information content (AvgIpc) is 2.85. The van der Waals surface area contributed by atoms with Crippen LogP contribution in [-0.2, 0) is 14.3 Å². The van der Waals surface area contributed by atoms with Crippen LogP contribution in [0.25, 0.3) is 0 Å². The van der Waals surface area contributed by atoms with Crippen LogP contribution in [0.3, 0.4) is 0 Å². The quantitative estimate of drug-likeness (QED) is 0.436. The van der Waals surface area contributed by atoms with Gasteiger partial charge in [-0.25, -0.2) is 9.59 Å².